The molecule has 7 nitrogen and oxygen atoms in total. The smallest absolute Gasteiger partial charge is 0.373 e. The van der Waals surface area contributed by atoms with Gasteiger partial charge in [-0.2, -0.15) is 0 Å². The normalized spacial score (nSPS) is 11.7. The van der Waals surface area contributed by atoms with Gasteiger partial charge in [-0.3, -0.25) is 10.8 Å². The molecule has 274 valence electrons. The van der Waals surface area contributed by atoms with Crippen molar-refractivity contribution in [1.29, 1.82) is 10.8 Å². The van der Waals surface area contributed by atoms with Gasteiger partial charge in [-0.05, 0) is 125 Å². The molecule has 0 unspecified atom stereocenters. The van der Waals surface area contributed by atoms with Crippen LogP contribution in [0.3, 0.4) is 0 Å². The number of ether oxygens (including phenoxy) is 2. The Kier molecular flexibility index (Phi) is 10.0. The molecule has 0 bridgehead atoms. The second kappa shape index (κ2) is 14.8. The summed E-state index contributed by atoms with van der Waals surface area (Å²) in [6.45, 7) is 10.8. The third kappa shape index (κ3) is 8.15. The SMILES string of the molecule is CC(C)(C)c1ccc(C(=[NH2+])OC(=N)c2ccc(-c3ccc4[nH]c5ccc(-c6ccc(C(=N)OC(=[NH2+])c7ccc(C(C)(C)I)cc7)cc6)cc5c4c3)cc2)cc1. The molecule has 0 amide bonds. The lowest BCUT2D eigenvalue weighted by atomic mass is 9.87. The molecule has 0 aliphatic carbocycles. The molecule has 7 N–H and O–H groups in total. The van der Waals surface area contributed by atoms with Gasteiger partial charge in [0.25, 0.3) is 0 Å². The van der Waals surface area contributed by atoms with Crippen molar-refractivity contribution in [3.63, 3.8) is 0 Å². The van der Waals surface area contributed by atoms with E-state index < -0.39 is 0 Å². The van der Waals surface area contributed by atoms with E-state index in [1.54, 1.807) is 0 Å². The zero-order valence-electron chi connectivity index (χ0n) is 31.6. The predicted octanol–water partition coefficient (Wildman–Crippen LogP) is 8.72. The van der Waals surface area contributed by atoms with E-state index in [9.17, 15) is 0 Å². The quantitative estimate of drug-likeness (QED) is 0.0476. The lowest BCUT2D eigenvalue weighted by Gasteiger charge is -2.18. The van der Waals surface area contributed by atoms with Crippen LogP contribution in [-0.2, 0) is 18.3 Å². The summed E-state index contributed by atoms with van der Waals surface area (Å²) in [7, 11) is 0. The maximum atomic E-state index is 8.56. The molecule has 0 saturated heterocycles. The molecule has 0 saturated carbocycles. The summed E-state index contributed by atoms with van der Waals surface area (Å²) in [5, 5.41) is 31.8. The molecule has 0 spiro atoms. The van der Waals surface area contributed by atoms with Gasteiger partial charge in [-0.25, -0.2) is 10.8 Å². The van der Waals surface area contributed by atoms with Gasteiger partial charge in [0, 0.05) is 36.4 Å². The van der Waals surface area contributed by atoms with Crippen molar-refractivity contribution in [3.8, 4) is 22.3 Å². The number of nitrogens with two attached hydrogens (primary N) is 2. The highest BCUT2D eigenvalue weighted by molar-refractivity contribution is 14.1. The van der Waals surface area contributed by atoms with Gasteiger partial charge in [0.05, 0.1) is 11.1 Å². The van der Waals surface area contributed by atoms with Crippen molar-refractivity contribution in [2.24, 2.45) is 0 Å². The number of aromatic amines is 1. The summed E-state index contributed by atoms with van der Waals surface area (Å²) in [5.74, 6) is 0.368. The first-order chi connectivity index (χ1) is 26.1. The second-order valence-electron chi connectivity index (χ2n) is 15.3. The summed E-state index contributed by atoms with van der Waals surface area (Å²) >= 11 is 2.41. The Morgan fingerprint density at radius 2 is 0.836 bits per heavy atom. The topological polar surface area (TPSA) is 133 Å². The van der Waals surface area contributed by atoms with E-state index in [4.69, 9.17) is 31.1 Å². The van der Waals surface area contributed by atoms with Gasteiger partial charge >= 0.3 is 11.8 Å². The first-order valence-electron chi connectivity index (χ1n) is 18.1. The summed E-state index contributed by atoms with van der Waals surface area (Å²) in [4.78, 5) is 3.55. The third-order valence-corrected chi connectivity index (χ3v) is 10.5. The monoisotopic (exact) mass is 837 g/mol. The van der Waals surface area contributed by atoms with Crippen molar-refractivity contribution in [1.82, 2.24) is 4.98 Å². The molecular weight excluding hydrogens is 793 g/mol. The number of aromatic nitrogens is 1. The number of benzene rings is 6. The first kappa shape index (κ1) is 37.4. The van der Waals surface area contributed by atoms with Crippen molar-refractivity contribution in [2.75, 3.05) is 0 Å². The Morgan fingerprint density at radius 1 is 0.491 bits per heavy atom. The largest absolute Gasteiger partial charge is 0.386 e. The van der Waals surface area contributed by atoms with Gasteiger partial charge in [-0.1, -0.05) is 104 Å². The highest BCUT2D eigenvalue weighted by Crippen LogP contribution is 2.34. The number of H-pyrrole nitrogens is 1. The predicted molar refractivity (Wildman–Crippen MR) is 233 cm³/mol. The fourth-order valence-electron chi connectivity index (χ4n) is 6.51. The minimum atomic E-state index is -0.0104. The molecule has 6 aromatic carbocycles. The molecule has 55 heavy (non-hydrogen) atoms. The number of hydrogen-bond donors (Lipinski definition) is 5. The van der Waals surface area contributed by atoms with E-state index in [0.717, 1.165) is 55.2 Å². The Balaban J connectivity index is 1.04. The van der Waals surface area contributed by atoms with Crippen LogP contribution in [0.2, 0.25) is 0 Å². The Labute approximate surface area is 334 Å². The van der Waals surface area contributed by atoms with E-state index in [1.807, 2.05) is 97.1 Å². The van der Waals surface area contributed by atoms with Crippen LogP contribution >= 0.6 is 22.6 Å². The summed E-state index contributed by atoms with van der Waals surface area (Å²) in [5.41, 5.74) is 11.5. The maximum Gasteiger partial charge on any atom is 0.373 e. The maximum absolute atomic E-state index is 8.56. The molecule has 0 aliphatic heterocycles. The van der Waals surface area contributed by atoms with Crippen molar-refractivity contribution in [2.45, 2.75) is 43.5 Å². The lowest BCUT2D eigenvalue weighted by molar-refractivity contribution is -0.131. The van der Waals surface area contributed by atoms with Crippen LogP contribution in [0, 0.1) is 10.8 Å². The van der Waals surface area contributed by atoms with Gasteiger partial charge in [0.15, 0.2) is 0 Å². The number of nitrogens with one attached hydrogen (secondary N) is 3. The van der Waals surface area contributed by atoms with E-state index >= 15 is 0 Å². The van der Waals surface area contributed by atoms with Crippen LogP contribution in [0.25, 0.3) is 44.1 Å². The summed E-state index contributed by atoms with van der Waals surface area (Å²) < 4.78 is 11.5. The number of fused-ring (bicyclic) bond motifs is 3. The molecule has 8 heteroatoms. The van der Waals surface area contributed by atoms with Gasteiger partial charge in [-0.15, -0.1) is 0 Å². The van der Waals surface area contributed by atoms with Gasteiger partial charge in [0.2, 0.25) is 11.8 Å². The molecule has 0 fully saturated rings. The molecular formula is C47H44IN5O2+2. The molecule has 1 heterocycles. The fourth-order valence-corrected chi connectivity index (χ4v) is 6.87. The summed E-state index contributed by atoms with van der Waals surface area (Å²) in [6, 6.07) is 44.2. The van der Waals surface area contributed by atoms with E-state index in [2.05, 4.69) is 98.6 Å². The Morgan fingerprint density at radius 3 is 1.20 bits per heavy atom. The van der Waals surface area contributed by atoms with Crippen molar-refractivity contribution < 1.29 is 20.3 Å². The van der Waals surface area contributed by atoms with Gasteiger partial charge in [0.1, 0.15) is 0 Å². The van der Waals surface area contributed by atoms with Crippen LogP contribution in [0.15, 0.2) is 133 Å². The molecule has 0 atom stereocenters. The minimum Gasteiger partial charge on any atom is -0.386 e. The van der Waals surface area contributed by atoms with E-state index in [1.165, 1.54) is 11.1 Å². The number of hydrogen-bond acceptors (Lipinski definition) is 4. The average molecular weight is 838 g/mol. The number of alkyl halides is 1. The highest BCUT2D eigenvalue weighted by Gasteiger charge is 2.20. The zero-order valence-corrected chi connectivity index (χ0v) is 33.7. The van der Waals surface area contributed by atoms with Crippen molar-refractivity contribution >= 4 is 68.0 Å². The van der Waals surface area contributed by atoms with Crippen LogP contribution in [0.4, 0.5) is 0 Å². The fraction of sp³-hybridized carbons (Fsp3) is 0.149. The molecule has 7 aromatic rings. The van der Waals surface area contributed by atoms with Crippen LogP contribution in [0.5, 0.6) is 0 Å². The van der Waals surface area contributed by atoms with Gasteiger partial charge < -0.3 is 14.5 Å². The Hall–Kier alpha value is -5.87. The lowest BCUT2D eigenvalue weighted by Crippen LogP contribution is -2.43. The second-order valence-corrected chi connectivity index (χ2v) is 18.0. The summed E-state index contributed by atoms with van der Waals surface area (Å²) in [6.07, 6.45) is 0. The molecule has 0 radical (unpaired) electrons. The minimum absolute atomic E-state index is 0.00917. The zero-order chi connectivity index (χ0) is 39.1. The Bertz CT molecular complexity index is 2410. The molecule has 7 rings (SSSR count). The average Bonchev–Trinajstić information content (AvgIpc) is 3.54. The first-order valence-corrected chi connectivity index (χ1v) is 19.2. The van der Waals surface area contributed by atoms with E-state index in [0.29, 0.717) is 11.1 Å². The van der Waals surface area contributed by atoms with Crippen LogP contribution in [0.1, 0.15) is 68.0 Å². The van der Waals surface area contributed by atoms with Crippen LogP contribution in [-0.4, -0.2) is 28.6 Å². The number of rotatable bonds is 7. The van der Waals surface area contributed by atoms with Crippen molar-refractivity contribution in [3.05, 3.63) is 167 Å². The third-order valence-electron chi connectivity index (χ3n) is 9.87. The number of halogens is 1. The van der Waals surface area contributed by atoms with Crippen LogP contribution < -0.4 is 10.8 Å². The highest BCUT2D eigenvalue weighted by atomic mass is 127. The van der Waals surface area contributed by atoms with E-state index in [-0.39, 0.29) is 32.4 Å². The molecule has 1 aromatic heterocycles. The standard InChI is InChI=1S/C47H42IN5O2/c1-46(2,3)36-20-14-32(15-21-36)44(51)54-42(49)30-10-6-28(7-11-30)34-18-24-40-38(26-34)39-27-35(19-25-41(39)53-40)29-8-12-31(13-9-29)43(50)55-45(52)33-16-22-37(23-17-33)47(4,5)48/h6-27,49-53H,1-5H3/p+2. The molecule has 0 aliphatic rings.